The number of hydrogen-bond donors (Lipinski definition) is 1. The van der Waals surface area contributed by atoms with Crippen molar-refractivity contribution >= 4 is 11.3 Å². The van der Waals surface area contributed by atoms with Crippen molar-refractivity contribution in [3.05, 3.63) is 51.5 Å². The van der Waals surface area contributed by atoms with E-state index in [1.807, 2.05) is 0 Å². The highest BCUT2D eigenvalue weighted by Crippen LogP contribution is 2.28. The van der Waals surface area contributed by atoms with Gasteiger partial charge in [-0.15, -0.1) is 11.3 Å². The van der Waals surface area contributed by atoms with Crippen LogP contribution in [0.2, 0.25) is 0 Å². The number of hydrogen-bond acceptors (Lipinski definition) is 3. The monoisotopic (exact) mass is 302 g/mol. The van der Waals surface area contributed by atoms with Gasteiger partial charge in [-0.05, 0) is 36.4 Å². The number of nitrogens with one attached hydrogen (secondary N) is 1. The zero-order chi connectivity index (χ0) is 15.2. The van der Waals surface area contributed by atoms with Crippen molar-refractivity contribution in [2.24, 2.45) is 0 Å². The van der Waals surface area contributed by atoms with E-state index in [1.54, 1.807) is 11.3 Å². The van der Waals surface area contributed by atoms with Crippen molar-refractivity contribution in [3.63, 3.8) is 0 Å². The molecule has 1 aromatic heterocycles. The summed E-state index contributed by atoms with van der Waals surface area (Å²) in [6.45, 7) is 9.80. The number of aryl methyl sites for hydroxylation is 1. The molecule has 0 spiro atoms. The molecular formula is C18H26N2S. The van der Waals surface area contributed by atoms with E-state index in [-0.39, 0.29) is 6.04 Å². The minimum atomic E-state index is 0.216. The van der Waals surface area contributed by atoms with Gasteiger partial charge in [0.2, 0.25) is 0 Å². The van der Waals surface area contributed by atoms with Gasteiger partial charge in [0.1, 0.15) is 5.01 Å². The predicted molar refractivity (Wildman–Crippen MR) is 92.2 cm³/mol. The summed E-state index contributed by atoms with van der Waals surface area (Å²) in [5.41, 5.74) is 3.89. The number of nitrogens with zero attached hydrogens (tertiary/aromatic N) is 1. The number of rotatable bonds is 7. The quantitative estimate of drug-likeness (QED) is 0.785. The van der Waals surface area contributed by atoms with Gasteiger partial charge in [0.25, 0.3) is 0 Å². The zero-order valence-corrected chi connectivity index (χ0v) is 14.3. The first-order valence-corrected chi connectivity index (χ1v) is 8.81. The van der Waals surface area contributed by atoms with Crippen molar-refractivity contribution in [3.8, 4) is 0 Å². The Hall–Kier alpha value is -1.19. The van der Waals surface area contributed by atoms with Gasteiger partial charge < -0.3 is 5.32 Å². The topological polar surface area (TPSA) is 24.9 Å². The minimum absolute atomic E-state index is 0.216. The standard InChI is InChI=1S/C18H26N2S/c1-5-11-19-17(15-9-7-14(6-2)8-10-15)18-20-16(12-21-18)13(3)4/h7-10,12-13,17,19H,5-6,11H2,1-4H3. The molecule has 0 aliphatic heterocycles. The van der Waals surface area contributed by atoms with Crippen molar-refractivity contribution in [2.75, 3.05) is 6.54 Å². The summed E-state index contributed by atoms with van der Waals surface area (Å²) in [5.74, 6) is 0.490. The Morgan fingerprint density at radius 1 is 1.14 bits per heavy atom. The Labute approximate surface area is 132 Å². The van der Waals surface area contributed by atoms with Crippen LogP contribution in [0.5, 0.6) is 0 Å². The summed E-state index contributed by atoms with van der Waals surface area (Å²) in [6, 6.07) is 9.15. The molecule has 1 heterocycles. The molecule has 2 rings (SSSR count). The number of thiazole rings is 1. The highest BCUT2D eigenvalue weighted by atomic mass is 32.1. The molecular weight excluding hydrogens is 276 g/mol. The van der Waals surface area contributed by atoms with Gasteiger partial charge in [-0.3, -0.25) is 0 Å². The smallest absolute Gasteiger partial charge is 0.114 e. The van der Waals surface area contributed by atoms with Gasteiger partial charge in [-0.25, -0.2) is 4.98 Å². The molecule has 21 heavy (non-hydrogen) atoms. The third-order valence-electron chi connectivity index (χ3n) is 3.70. The molecule has 0 saturated carbocycles. The molecule has 2 nitrogen and oxygen atoms in total. The molecule has 3 heteroatoms. The first-order valence-electron chi connectivity index (χ1n) is 7.93. The Bertz CT molecular complexity index is 543. The van der Waals surface area contributed by atoms with Gasteiger partial charge in [0.05, 0.1) is 11.7 Å². The molecule has 0 radical (unpaired) electrons. The van der Waals surface area contributed by atoms with Crippen LogP contribution < -0.4 is 5.32 Å². The van der Waals surface area contributed by atoms with Crippen LogP contribution in [0.25, 0.3) is 0 Å². The Morgan fingerprint density at radius 2 is 1.86 bits per heavy atom. The largest absolute Gasteiger partial charge is 0.304 e. The fraction of sp³-hybridized carbons (Fsp3) is 0.500. The van der Waals surface area contributed by atoms with Crippen LogP contribution in [0.4, 0.5) is 0 Å². The van der Waals surface area contributed by atoms with E-state index in [0.29, 0.717) is 5.92 Å². The molecule has 1 N–H and O–H groups in total. The summed E-state index contributed by atoms with van der Waals surface area (Å²) in [6.07, 6.45) is 2.22. The van der Waals surface area contributed by atoms with Crippen molar-refractivity contribution in [1.29, 1.82) is 0 Å². The summed E-state index contributed by atoms with van der Waals surface area (Å²) in [5, 5.41) is 7.01. The fourth-order valence-electron chi connectivity index (χ4n) is 2.28. The predicted octanol–water partition coefficient (Wildman–Crippen LogP) is 4.92. The van der Waals surface area contributed by atoms with Crippen LogP contribution in [0, 0.1) is 0 Å². The van der Waals surface area contributed by atoms with E-state index >= 15 is 0 Å². The average Bonchev–Trinajstić information content (AvgIpc) is 2.98. The highest BCUT2D eigenvalue weighted by Gasteiger charge is 2.18. The summed E-state index contributed by atoms with van der Waals surface area (Å²) >= 11 is 1.77. The first-order chi connectivity index (χ1) is 10.2. The molecule has 114 valence electrons. The summed E-state index contributed by atoms with van der Waals surface area (Å²) in [4.78, 5) is 4.84. The minimum Gasteiger partial charge on any atom is -0.304 e. The Kier molecular flexibility index (Phi) is 5.95. The Morgan fingerprint density at radius 3 is 2.38 bits per heavy atom. The van der Waals surface area contributed by atoms with Gasteiger partial charge in [-0.1, -0.05) is 52.0 Å². The molecule has 0 amide bonds. The van der Waals surface area contributed by atoms with Crippen molar-refractivity contribution < 1.29 is 0 Å². The normalized spacial score (nSPS) is 12.8. The van der Waals surface area contributed by atoms with Crippen LogP contribution in [0.15, 0.2) is 29.6 Å². The molecule has 1 atom stereocenters. The number of benzene rings is 1. The second-order valence-corrected chi connectivity index (χ2v) is 6.64. The maximum Gasteiger partial charge on any atom is 0.114 e. The molecule has 0 saturated heterocycles. The first kappa shape index (κ1) is 16.2. The second-order valence-electron chi connectivity index (χ2n) is 5.75. The molecule has 0 aliphatic carbocycles. The molecule has 1 unspecified atom stereocenters. The van der Waals surface area contributed by atoms with E-state index in [0.717, 1.165) is 19.4 Å². The van der Waals surface area contributed by atoms with Crippen LogP contribution >= 0.6 is 11.3 Å². The zero-order valence-electron chi connectivity index (χ0n) is 13.5. The van der Waals surface area contributed by atoms with Crippen molar-refractivity contribution in [1.82, 2.24) is 10.3 Å². The molecule has 0 aliphatic rings. The van der Waals surface area contributed by atoms with E-state index < -0.39 is 0 Å². The SMILES string of the molecule is CCCNC(c1ccc(CC)cc1)c1nc(C(C)C)cs1. The van der Waals surface area contributed by atoms with E-state index in [4.69, 9.17) is 4.98 Å². The second kappa shape index (κ2) is 7.71. The van der Waals surface area contributed by atoms with Crippen LogP contribution in [0.1, 0.15) is 67.9 Å². The highest BCUT2D eigenvalue weighted by molar-refractivity contribution is 7.09. The number of aromatic nitrogens is 1. The van der Waals surface area contributed by atoms with Gasteiger partial charge >= 0.3 is 0 Å². The average molecular weight is 302 g/mol. The Balaban J connectivity index is 2.27. The molecule has 1 aromatic carbocycles. The lowest BCUT2D eigenvalue weighted by atomic mass is 10.0. The van der Waals surface area contributed by atoms with Crippen LogP contribution in [-0.2, 0) is 6.42 Å². The summed E-state index contributed by atoms with van der Waals surface area (Å²) < 4.78 is 0. The maximum absolute atomic E-state index is 4.84. The van der Waals surface area contributed by atoms with E-state index in [1.165, 1.54) is 21.8 Å². The van der Waals surface area contributed by atoms with E-state index in [9.17, 15) is 0 Å². The lowest BCUT2D eigenvalue weighted by Crippen LogP contribution is -2.23. The molecule has 0 bridgehead atoms. The van der Waals surface area contributed by atoms with Gasteiger partial charge in [0, 0.05) is 5.38 Å². The van der Waals surface area contributed by atoms with Crippen LogP contribution in [-0.4, -0.2) is 11.5 Å². The maximum atomic E-state index is 4.84. The fourth-order valence-corrected chi connectivity index (χ4v) is 3.36. The van der Waals surface area contributed by atoms with Crippen molar-refractivity contribution in [2.45, 2.75) is 52.5 Å². The lowest BCUT2D eigenvalue weighted by molar-refractivity contribution is 0.593. The third kappa shape index (κ3) is 4.14. The van der Waals surface area contributed by atoms with Gasteiger partial charge in [0.15, 0.2) is 0 Å². The van der Waals surface area contributed by atoms with E-state index in [2.05, 4.69) is 62.7 Å². The molecule has 2 aromatic rings. The summed E-state index contributed by atoms with van der Waals surface area (Å²) in [7, 11) is 0. The lowest BCUT2D eigenvalue weighted by Gasteiger charge is -2.17. The third-order valence-corrected chi connectivity index (χ3v) is 4.63. The van der Waals surface area contributed by atoms with Crippen LogP contribution in [0.3, 0.4) is 0 Å². The molecule has 0 fully saturated rings. The van der Waals surface area contributed by atoms with Gasteiger partial charge in [-0.2, -0.15) is 0 Å².